The number of carbonyl (C=O) groups excluding carboxylic acids is 1. The van der Waals surface area contributed by atoms with Crippen molar-refractivity contribution < 1.29 is 15.0 Å². The van der Waals surface area contributed by atoms with Crippen LogP contribution in [-0.2, 0) is 6.54 Å². The Morgan fingerprint density at radius 2 is 2.04 bits per heavy atom. The number of aliphatic hydroxyl groups is 1. The summed E-state index contributed by atoms with van der Waals surface area (Å²) in [6.45, 7) is 6.26. The van der Waals surface area contributed by atoms with Gasteiger partial charge in [0.15, 0.2) is 5.69 Å². The highest BCUT2D eigenvalue weighted by molar-refractivity contribution is 5.93. The van der Waals surface area contributed by atoms with Crippen molar-refractivity contribution in [2.45, 2.75) is 52.4 Å². The maximum Gasteiger partial charge on any atom is 0.273 e. The fourth-order valence-electron chi connectivity index (χ4n) is 2.94. The minimum absolute atomic E-state index is 0.110. The predicted molar refractivity (Wildman–Crippen MR) is 99.7 cm³/mol. The Balaban J connectivity index is 2.23. The first-order valence-corrected chi connectivity index (χ1v) is 9.01. The van der Waals surface area contributed by atoms with Crippen LogP contribution in [-0.4, -0.2) is 55.3 Å². The number of aromatic hydroxyl groups is 1. The highest BCUT2D eigenvalue weighted by atomic mass is 16.3. The van der Waals surface area contributed by atoms with Crippen LogP contribution in [0.5, 0.6) is 5.88 Å². The molecule has 1 atom stereocenters. The lowest BCUT2D eigenvalue weighted by atomic mass is 9.97. The standard InChI is InChI=1S/C18H27N5O4/c1-18(2,3)9-22-12-8-11(15(25)21(4)5)20-23(12)17(27)13(16(22)26)14(24)19-10-6-7-10/h8,10,14,19,24,27H,6-7,9H2,1-5H3. The second-order valence-electron chi connectivity index (χ2n) is 8.53. The number of hydrogen-bond acceptors (Lipinski definition) is 6. The van der Waals surface area contributed by atoms with Gasteiger partial charge in [-0.25, -0.2) is 0 Å². The van der Waals surface area contributed by atoms with Crippen molar-refractivity contribution in [3.8, 4) is 5.88 Å². The van der Waals surface area contributed by atoms with E-state index in [0.29, 0.717) is 12.2 Å². The molecule has 1 aliphatic carbocycles. The first-order chi connectivity index (χ1) is 12.5. The van der Waals surface area contributed by atoms with Crippen LogP contribution in [0.1, 0.15) is 55.9 Å². The van der Waals surface area contributed by atoms with Crippen LogP contribution in [0.4, 0.5) is 0 Å². The quantitative estimate of drug-likeness (QED) is 0.661. The third kappa shape index (κ3) is 3.84. The molecule has 0 aliphatic heterocycles. The van der Waals surface area contributed by atoms with Crippen LogP contribution >= 0.6 is 0 Å². The Labute approximate surface area is 157 Å². The summed E-state index contributed by atoms with van der Waals surface area (Å²) in [5, 5.41) is 28.2. The van der Waals surface area contributed by atoms with Gasteiger partial charge in [-0.1, -0.05) is 20.8 Å². The Hall–Kier alpha value is -2.39. The van der Waals surface area contributed by atoms with Gasteiger partial charge in [-0.2, -0.15) is 9.61 Å². The minimum Gasteiger partial charge on any atom is -0.493 e. The van der Waals surface area contributed by atoms with E-state index in [2.05, 4.69) is 10.4 Å². The zero-order valence-corrected chi connectivity index (χ0v) is 16.4. The summed E-state index contributed by atoms with van der Waals surface area (Å²) < 4.78 is 2.60. The van der Waals surface area contributed by atoms with Gasteiger partial charge in [0.05, 0.1) is 0 Å². The molecule has 0 bridgehead atoms. The van der Waals surface area contributed by atoms with Gasteiger partial charge in [-0.3, -0.25) is 19.5 Å². The molecule has 1 saturated carbocycles. The van der Waals surface area contributed by atoms with Crippen LogP contribution in [0.25, 0.3) is 5.65 Å². The maximum absolute atomic E-state index is 13.1. The second-order valence-corrected chi connectivity index (χ2v) is 8.53. The average Bonchev–Trinajstić information content (AvgIpc) is 3.24. The molecular weight excluding hydrogens is 350 g/mol. The van der Waals surface area contributed by atoms with E-state index in [1.807, 2.05) is 20.8 Å². The lowest BCUT2D eigenvalue weighted by molar-refractivity contribution is 0.0821. The van der Waals surface area contributed by atoms with E-state index >= 15 is 0 Å². The lowest BCUT2D eigenvalue weighted by Gasteiger charge is -2.23. The molecule has 0 aromatic carbocycles. The molecule has 1 unspecified atom stereocenters. The van der Waals surface area contributed by atoms with E-state index < -0.39 is 17.7 Å². The molecule has 148 valence electrons. The summed E-state index contributed by atoms with van der Waals surface area (Å²) in [6, 6.07) is 1.62. The summed E-state index contributed by atoms with van der Waals surface area (Å²) in [5.74, 6) is -0.801. The van der Waals surface area contributed by atoms with Crippen molar-refractivity contribution in [3.63, 3.8) is 0 Å². The number of nitrogens with zero attached hydrogens (tertiary/aromatic N) is 4. The van der Waals surface area contributed by atoms with Crippen LogP contribution in [0.15, 0.2) is 10.9 Å². The number of rotatable bonds is 5. The lowest BCUT2D eigenvalue weighted by Crippen LogP contribution is -2.35. The van der Waals surface area contributed by atoms with Crippen molar-refractivity contribution in [1.82, 2.24) is 24.4 Å². The van der Waals surface area contributed by atoms with Gasteiger partial charge in [-0.05, 0) is 18.3 Å². The number of fused-ring (bicyclic) bond motifs is 1. The van der Waals surface area contributed by atoms with E-state index in [-0.39, 0.29) is 28.6 Å². The normalized spacial score (nSPS) is 15.9. The molecular formula is C18H27N5O4. The first-order valence-electron chi connectivity index (χ1n) is 9.01. The van der Waals surface area contributed by atoms with E-state index in [0.717, 1.165) is 17.4 Å². The molecule has 0 spiro atoms. The molecule has 2 aromatic rings. The molecule has 2 aromatic heterocycles. The van der Waals surface area contributed by atoms with Crippen molar-refractivity contribution in [1.29, 1.82) is 0 Å². The topological polar surface area (TPSA) is 112 Å². The number of aromatic nitrogens is 3. The molecule has 9 heteroatoms. The number of aliphatic hydroxyl groups excluding tert-OH is 1. The van der Waals surface area contributed by atoms with Gasteiger partial charge in [0.2, 0.25) is 5.88 Å². The Morgan fingerprint density at radius 3 is 2.56 bits per heavy atom. The van der Waals surface area contributed by atoms with Crippen molar-refractivity contribution in [2.24, 2.45) is 5.41 Å². The number of carbonyl (C=O) groups is 1. The zero-order chi connectivity index (χ0) is 20.1. The number of hydrogen-bond donors (Lipinski definition) is 3. The molecule has 1 fully saturated rings. The summed E-state index contributed by atoms with van der Waals surface area (Å²) >= 11 is 0. The van der Waals surface area contributed by atoms with Gasteiger partial charge in [0.1, 0.15) is 17.4 Å². The number of amides is 1. The van der Waals surface area contributed by atoms with E-state index in [9.17, 15) is 19.8 Å². The maximum atomic E-state index is 13.1. The highest BCUT2D eigenvalue weighted by Gasteiger charge is 2.31. The third-order valence-corrected chi connectivity index (χ3v) is 4.39. The first kappa shape index (κ1) is 19.4. The van der Waals surface area contributed by atoms with Crippen LogP contribution in [0.2, 0.25) is 0 Å². The van der Waals surface area contributed by atoms with E-state index in [1.165, 1.54) is 15.5 Å². The fourth-order valence-corrected chi connectivity index (χ4v) is 2.94. The Bertz CT molecular complexity index is 934. The van der Waals surface area contributed by atoms with E-state index in [4.69, 9.17) is 0 Å². The largest absolute Gasteiger partial charge is 0.493 e. The molecule has 1 aliphatic rings. The van der Waals surface area contributed by atoms with Crippen LogP contribution < -0.4 is 10.9 Å². The smallest absolute Gasteiger partial charge is 0.273 e. The zero-order valence-electron chi connectivity index (χ0n) is 16.4. The second kappa shape index (κ2) is 6.65. The van der Waals surface area contributed by atoms with Gasteiger partial charge in [0.25, 0.3) is 11.5 Å². The average molecular weight is 377 g/mol. The monoisotopic (exact) mass is 377 g/mol. The molecule has 0 radical (unpaired) electrons. The Morgan fingerprint density at radius 1 is 1.41 bits per heavy atom. The summed E-state index contributed by atoms with van der Waals surface area (Å²) in [5.41, 5.74) is -0.493. The molecule has 3 rings (SSSR count). The van der Waals surface area contributed by atoms with Crippen molar-refractivity contribution in [2.75, 3.05) is 14.1 Å². The van der Waals surface area contributed by atoms with Crippen molar-refractivity contribution >= 4 is 11.6 Å². The summed E-state index contributed by atoms with van der Waals surface area (Å²) in [6.07, 6.45) is 0.525. The van der Waals surface area contributed by atoms with Crippen LogP contribution in [0.3, 0.4) is 0 Å². The molecule has 27 heavy (non-hydrogen) atoms. The molecule has 9 nitrogen and oxygen atoms in total. The van der Waals surface area contributed by atoms with E-state index in [1.54, 1.807) is 14.1 Å². The summed E-state index contributed by atoms with van der Waals surface area (Å²) in [4.78, 5) is 26.8. The molecule has 3 N–H and O–H groups in total. The highest BCUT2D eigenvalue weighted by Crippen LogP contribution is 2.27. The van der Waals surface area contributed by atoms with Crippen LogP contribution in [0, 0.1) is 5.41 Å². The molecule has 1 amide bonds. The molecule has 2 heterocycles. The molecule has 0 saturated heterocycles. The third-order valence-electron chi connectivity index (χ3n) is 4.39. The van der Waals surface area contributed by atoms with Gasteiger partial charge >= 0.3 is 0 Å². The van der Waals surface area contributed by atoms with Gasteiger partial charge in [0, 0.05) is 32.7 Å². The minimum atomic E-state index is -1.31. The SMILES string of the molecule is CN(C)C(=O)c1cc2n(CC(C)(C)C)c(=O)c(C(O)NC3CC3)c(O)n2n1. The predicted octanol–water partition coefficient (Wildman–Crippen LogP) is 0.692. The fraction of sp³-hybridized carbons (Fsp3) is 0.611. The van der Waals surface area contributed by atoms with Gasteiger partial charge in [-0.15, -0.1) is 0 Å². The van der Waals surface area contributed by atoms with Crippen molar-refractivity contribution in [3.05, 3.63) is 27.7 Å². The summed E-state index contributed by atoms with van der Waals surface area (Å²) in [7, 11) is 3.20. The Kier molecular flexibility index (Phi) is 4.77. The van der Waals surface area contributed by atoms with Gasteiger partial charge < -0.3 is 15.1 Å². The number of nitrogens with one attached hydrogen (secondary N) is 1.